The van der Waals surface area contributed by atoms with E-state index in [9.17, 15) is 37.9 Å². The number of H-pyrrole nitrogens is 1. The van der Waals surface area contributed by atoms with Gasteiger partial charge in [-0.05, 0) is 109 Å². The molecule has 5 heterocycles. The molecule has 3 atom stereocenters. The summed E-state index contributed by atoms with van der Waals surface area (Å²) in [5.74, 6) is -2.08. The number of ether oxygens (including phenoxy) is 1. The zero-order valence-electron chi connectivity index (χ0n) is 48.0. The van der Waals surface area contributed by atoms with E-state index in [2.05, 4.69) is 41.3 Å². The minimum absolute atomic E-state index is 0.0131. The van der Waals surface area contributed by atoms with Crippen LogP contribution in [0.15, 0.2) is 84.4 Å². The number of halogens is 2. The third-order valence-corrected chi connectivity index (χ3v) is 17.0. The number of likely N-dealkylation sites (tertiary alicyclic amines) is 1. The lowest BCUT2D eigenvalue weighted by Gasteiger charge is -2.36. The van der Waals surface area contributed by atoms with Crippen molar-refractivity contribution < 1.29 is 42.6 Å². The molecular formula is C63H78F2N10O7S. The lowest BCUT2D eigenvalue weighted by Crippen LogP contribution is -2.57. The first kappa shape index (κ1) is 60.3. The zero-order valence-corrected chi connectivity index (χ0v) is 48.9. The van der Waals surface area contributed by atoms with Crippen molar-refractivity contribution in [1.29, 1.82) is 0 Å². The fourth-order valence-electron chi connectivity index (χ4n) is 11.3. The van der Waals surface area contributed by atoms with E-state index in [-0.39, 0.29) is 61.5 Å². The first-order chi connectivity index (χ1) is 39.9. The number of β-amino-alcohol motifs (C(OH)–C–C–N with tert-alkyl or cyclic N) is 1. The zero-order chi connectivity index (χ0) is 58.6. The van der Waals surface area contributed by atoms with Crippen molar-refractivity contribution in [1.82, 2.24) is 35.6 Å². The number of carbonyl (C=O) groups excluding carboxylic acids is 5. The van der Waals surface area contributed by atoms with E-state index in [1.54, 1.807) is 11.3 Å². The number of thiazole rings is 1. The van der Waals surface area contributed by atoms with E-state index in [0.717, 1.165) is 90.4 Å². The molecule has 6 aromatic rings. The highest BCUT2D eigenvalue weighted by Crippen LogP contribution is 2.32. The Labute approximate surface area is 488 Å². The number of hydrogen-bond acceptors (Lipinski definition) is 12. The largest absolute Gasteiger partial charge is 0.391 e. The van der Waals surface area contributed by atoms with Crippen LogP contribution in [0.25, 0.3) is 21.3 Å². The van der Waals surface area contributed by atoms with Crippen LogP contribution in [-0.2, 0) is 36.9 Å². The Balaban J connectivity index is 0.678. The molecule has 6 N–H and O–H groups in total. The summed E-state index contributed by atoms with van der Waals surface area (Å²) >= 11 is 1.58. The molecule has 2 aromatic heterocycles. The standard InChI is InChI=1S/C63H78F2N10O7S/c1-40-57(83-39-67-40)44-17-14-41(15-18-44)37-66-61(80)54-36-49(76)38-75(54)62(81)58(63(2,3)4)69-55(77)12-10-8-6-5-7-9-11-13-56(78)74-26-24-73(25-27-74)48-19-20-50(53(35-48)68-47-22-28-82-29-23-47)60(79)70-59-51-33-42(16-21-52(51)71-72-59)30-43-31-45(64)34-46(65)32-43/h14-21,31-35,39,47,49,54,58,68,76H,5-13,22-30,36-38H2,1-4H3,(H,66,80)(H,69,77)(H2,70,71,72,79)/t49-,54+,58-/m1/s1. The molecule has 4 aromatic carbocycles. The van der Waals surface area contributed by atoms with E-state index in [1.807, 2.05) is 98.8 Å². The minimum atomic E-state index is -0.879. The third kappa shape index (κ3) is 16.1. The second-order valence-corrected chi connectivity index (χ2v) is 24.3. The number of fused-ring (bicyclic) bond motifs is 1. The van der Waals surface area contributed by atoms with Gasteiger partial charge in [-0.1, -0.05) is 83.2 Å². The van der Waals surface area contributed by atoms with Gasteiger partial charge >= 0.3 is 0 Å². The summed E-state index contributed by atoms with van der Waals surface area (Å²) < 4.78 is 33.5. The van der Waals surface area contributed by atoms with Gasteiger partial charge in [-0.25, -0.2) is 13.8 Å². The topological polar surface area (TPSA) is 214 Å². The number of nitrogens with one attached hydrogen (secondary N) is 5. The van der Waals surface area contributed by atoms with Crippen LogP contribution in [-0.4, -0.2) is 130 Å². The molecule has 3 aliphatic heterocycles. The Kier molecular flexibility index (Phi) is 20.2. The summed E-state index contributed by atoms with van der Waals surface area (Å²) in [6.07, 6.45) is 8.12. The maximum Gasteiger partial charge on any atom is 0.258 e. The number of aliphatic hydroxyl groups excluding tert-OH is 1. The highest BCUT2D eigenvalue weighted by molar-refractivity contribution is 7.13. The number of amides is 5. The normalized spacial score (nSPS) is 17.2. The van der Waals surface area contributed by atoms with Crippen LogP contribution in [0.2, 0.25) is 0 Å². The van der Waals surface area contributed by atoms with Crippen molar-refractivity contribution >= 4 is 69.0 Å². The monoisotopic (exact) mass is 1160 g/mol. The number of anilines is 3. The minimum Gasteiger partial charge on any atom is -0.391 e. The average molecular weight is 1160 g/mol. The molecule has 0 aliphatic carbocycles. The van der Waals surface area contributed by atoms with Gasteiger partial charge in [-0.2, -0.15) is 5.10 Å². The van der Waals surface area contributed by atoms with Crippen molar-refractivity contribution in [2.24, 2.45) is 5.41 Å². The Bertz CT molecular complexity index is 3200. The molecule has 0 saturated carbocycles. The number of rotatable bonds is 23. The molecule has 3 saturated heterocycles. The summed E-state index contributed by atoms with van der Waals surface area (Å²) in [6.45, 7) is 11.6. The van der Waals surface area contributed by atoms with Gasteiger partial charge in [0.2, 0.25) is 23.6 Å². The summed E-state index contributed by atoms with van der Waals surface area (Å²) in [5, 5.41) is 31.2. The quantitative estimate of drug-likeness (QED) is 0.0332. The smallest absolute Gasteiger partial charge is 0.258 e. The number of aromatic nitrogens is 3. The van der Waals surface area contributed by atoms with Crippen molar-refractivity contribution in [2.45, 2.75) is 142 Å². The van der Waals surface area contributed by atoms with E-state index in [1.165, 1.54) is 17.0 Å². The predicted octanol–water partition coefficient (Wildman–Crippen LogP) is 9.68. The molecule has 0 bridgehead atoms. The van der Waals surface area contributed by atoms with Crippen molar-refractivity contribution in [3.63, 3.8) is 0 Å². The first-order valence-electron chi connectivity index (χ1n) is 29.2. The molecule has 0 radical (unpaired) electrons. The predicted molar refractivity (Wildman–Crippen MR) is 319 cm³/mol. The van der Waals surface area contributed by atoms with Crippen LogP contribution >= 0.6 is 11.3 Å². The Morgan fingerprint density at radius 3 is 2.19 bits per heavy atom. The molecule has 442 valence electrons. The Hall–Kier alpha value is -7.29. The molecule has 9 rings (SSSR count). The first-order valence-corrected chi connectivity index (χ1v) is 30.1. The maximum atomic E-state index is 14.1. The van der Waals surface area contributed by atoms with Gasteiger partial charge in [0.05, 0.1) is 33.3 Å². The van der Waals surface area contributed by atoms with Crippen LogP contribution in [0.5, 0.6) is 0 Å². The van der Waals surface area contributed by atoms with Gasteiger partial charge in [0.25, 0.3) is 5.91 Å². The number of aryl methyl sites for hydroxylation is 1. The number of unbranched alkanes of at least 4 members (excludes halogenated alkanes) is 6. The van der Waals surface area contributed by atoms with Crippen LogP contribution in [0.1, 0.15) is 131 Å². The molecule has 3 fully saturated rings. The number of hydrogen-bond donors (Lipinski definition) is 6. The molecule has 3 aliphatic rings. The van der Waals surface area contributed by atoms with Crippen molar-refractivity contribution in [2.75, 3.05) is 61.5 Å². The van der Waals surface area contributed by atoms with E-state index in [4.69, 9.17) is 4.74 Å². The molecule has 20 heteroatoms. The Morgan fingerprint density at radius 2 is 1.51 bits per heavy atom. The molecule has 5 amide bonds. The highest BCUT2D eigenvalue weighted by atomic mass is 32.1. The summed E-state index contributed by atoms with van der Waals surface area (Å²) in [7, 11) is 0. The van der Waals surface area contributed by atoms with E-state index in [0.29, 0.717) is 92.2 Å². The van der Waals surface area contributed by atoms with Gasteiger partial charge in [0, 0.05) is 101 Å². The lowest BCUT2D eigenvalue weighted by atomic mass is 9.85. The fraction of sp³-hybridized carbons (Fsp3) is 0.476. The molecular weight excluding hydrogens is 1080 g/mol. The number of piperazine rings is 1. The van der Waals surface area contributed by atoms with Crippen LogP contribution in [0.3, 0.4) is 0 Å². The van der Waals surface area contributed by atoms with Crippen molar-refractivity contribution in [3.8, 4) is 10.4 Å². The number of nitrogens with zero attached hydrogens (tertiary/aromatic N) is 5. The van der Waals surface area contributed by atoms with Gasteiger partial charge in [0.1, 0.15) is 23.7 Å². The summed E-state index contributed by atoms with van der Waals surface area (Å²) in [5.41, 5.74) is 8.19. The van der Waals surface area contributed by atoms with Gasteiger partial charge < -0.3 is 45.8 Å². The van der Waals surface area contributed by atoms with Crippen molar-refractivity contribution in [3.05, 3.63) is 124 Å². The fourth-order valence-corrected chi connectivity index (χ4v) is 12.1. The molecule has 0 unspecified atom stereocenters. The molecule has 0 spiro atoms. The van der Waals surface area contributed by atoms with Crippen LogP contribution < -0.4 is 26.2 Å². The average Bonchev–Trinajstić information content (AvgIpc) is 4.45. The second kappa shape index (κ2) is 27.9. The number of aliphatic hydroxyl groups is 1. The number of aromatic amines is 1. The van der Waals surface area contributed by atoms with E-state index < -0.39 is 35.2 Å². The molecule has 83 heavy (non-hydrogen) atoms. The SMILES string of the molecule is Cc1ncsc1-c1ccc(CNC(=O)[C@@H]2C[C@@H](O)CN2C(=O)[C@@H](NC(=O)CCCCCCCCCC(=O)N2CCN(c3ccc(C(=O)Nc4n[nH]c5ccc(Cc6cc(F)cc(F)c6)cc45)c(NC4CCOCC4)c3)CC2)C(C)(C)C)cc1. The lowest BCUT2D eigenvalue weighted by molar-refractivity contribution is -0.144. The van der Waals surface area contributed by atoms with Crippen LogP contribution in [0.4, 0.5) is 26.0 Å². The Morgan fingerprint density at radius 1 is 0.819 bits per heavy atom. The van der Waals surface area contributed by atoms with Gasteiger partial charge in [-0.15, -0.1) is 11.3 Å². The summed E-state index contributed by atoms with van der Waals surface area (Å²) in [6, 6.07) is 21.1. The van der Waals surface area contributed by atoms with Gasteiger partial charge in [0.15, 0.2) is 5.82 Å². The third-order valence-electron chi connectivity index (χ3n) is 16.0. The second-order valence-electron chi connectivity index (χ2n) is 23.4. The van der Waals surface area contributed by atoms with Gasteiger partial charge in [-0.3, -0.25) is 29.1 Å². The van der Waals surface area contributed by atoms with Crippen LogP contribution in [0, 0.1) is 24.0 Å². The highest BCUT2D eigenvalue weighted by Gasteiger charge is 2.44. The summed E-state index contributed by atoms with van der Waals surface area (Å²) in [4.78, 5) is 79.4. The number of benzene rings is 4. The molecule has 17 nitrogen and oxygen atoms in total. The number of carbonyl (C=O) groups is 5. The maximum absolute atomic E-state index is 14.1. The van der Waals surface area contributed by atoms with E-state index >= 15 is 0 Å².